The van der Waals surface area contributed by atoms with Crippen LogP contribution in [-0.2, 0) is 4.79 Å². The summed E-state index contributed by atoms with van der Waals surface area (Å²) in [7, 11) is 0. The van der Waals surface area contributed by atoms with Crippen molar-refractivity contribution in [1.29, 1.82) is 0 Å². The molecular weight excluding hydrogens is 226 g/mol. The highest BCUT2D eigenvalue weighted by molar-refractivity contribution is 5.86. The van der Waals surface area contributed by atoms with Crippen molar-refractivity contribution < 1.29 is 13.6 Å². The van der Waals surface area contributed by atoms with Gasteiger partial charge in [0.2, 0.25) is 5.91 Å². The Bertz CT molecular complexity index is 367. The van der Waals surface area contributed by atoms with E-state index in [2.05, 4.69) is 5.32 Å². The van der Waals surface area contributed by atoms with E-state index in [0.29, 0.717) is 12.8 Å². The number of amides is 1. The van der Waals surface area contributed by atoms with Gasteiger partial charge in [0.05, 0.1) is 0 Å². The number of halogens is 2. The highest BCUT2D eigenvalue weighted by Gasteiger charge is 2.66. The second kappa shape index (κ2) is 2.99. The number of carbonyl (C=O) groups is 1. The summed E-state index contributed by atoms with van der Waals surface area (Å²) in [6.45, 7) is 0.846. The molecule has 3 nitrogen and oxygen atoms in total. The number of nitrogens with one attached hydrogen (secondary N) is 1. The van der Waals surface area contributed by atoms with Crippen LogP contribution in [0.15, 0.2) is 0 Å². The van der Waals surface area contributed by atoms with Crippen molar-refractivity contribution in [3.05, 3.63) is 0 Å². The Hall–Kier alpha value is -0.710. The number of carbonyl (C=O) groups excluding carboxylic acids is 1. The van der Waals surface area contributed by atoms with E-state index in [9.17, 15) is 13.6 Å². The Morgan fingerprint density at radius 2 is 1.88 bits per heavy atom. The van der Waals surface area contributed by atoms with Gasteiger partial charge in [-0.2, -0.15) is 0 Å². The van der Waals surface area contributed by atoms with E-state index in [-0.39, 0.29) is 17.5 Å². The number of rotatable bonds is 3. The monoisotopic (exact) mass is 244 g/mol. The summed E-state index contributed by atoms with van der Waals surface area (Å²) in [6, 6.07) is 0.328. The minimum atomic E-state index is -2.91. The van der Waals surface area contributed by atoms with E-state index >= 15 is 0 Å². The van der Waals surface area contributed by atoms with Crippen LogP contribution in [0.25, 0.3) is 0 Å². The lowest BCUT2D eigenvalue weighted by atomic mass is 9.76. The molecule has 17 heavy (non-hydrogen) atoms. The van der Waals surface area contributed by atoms with Crippen molar-refractivity contribution in [1.82, 2.24) is 5.32 Å². The van der Waals surface area contributed by atoms with Gasteiger partial charge in [0, 0.05) is 19.0 Å². The predicted molar refractivity (Wildman–Crippen MR) is 58.5 cm³/mol. The summed E-state index contributed by atoms with van der Waals surface area (Å²) in [6.07, 6.45) is 3.37. The molecule has 1 spiro atoms. The summed E-state index contributed by atoms with van der Waals surface area (Å²) in [4.78, 5) is 11.9. The van der Waals surface area contributed by atoms with Crippen LogP contribution >= 0.6 is 0 Å². The van der Waals surface area contributed by atoms with Crippen molar-refractivity contribution in [3.8, 4) is 0 Å². The van der Waals surface area contributed by atoms with Crippen molar-refractivity contribution in [2.75, 3.05) is 0 Å². The third-order valence-corrected chi connectivity index (χ3v) is 4.92. The third kappa shape index (κ3) is 1.51. The standard InChI is InChI=1S/C12H18F2N2O/c1-10(13,14)12(2-3-12)9(17)16-7-4-11(5-7)6-8(11)15/h7-8H,2-6,15H2,1H3,(H,16,17). The van der Waals surface area contributed by atoms with E-state index < -0.39 is 17.2 Å². The van der Waals surface area contributed by atoms with E-state index in [4.69, 9.17) is 5.73 Å². The lowest BCUT2D eigenvalue weighted by Crippen LogP contribution is -2.52. The molecule has 3 saturated carbocycles. The summed E-state index contributed by atoms with van der Waals surface area (Å²) in [5, 5.41) is 2.77. The fraction of sp³-hybridized carbons (Fsp3) is 0.917. The normalized spacial score (nSPS) is 41.9. The number of nitrogens with two attached hydrogens (primary N) is 1. The summed E-state index contributed by atoms with van der Waals surface area (Å²) >= 11 is 0. The molecule has 0 radical (unpaired) electrons. The van der Waals surface area contributed by atoms with E-state index in [1.807, 2.05) is 0 Å². The molecule has 0 saturated heterocycles. The smallest absolute Gasteiger partial charge is 0.259 e. The number of hydrogen-bond donors (Lipinski definition) is 2. The SMILES string of the molecule is CC(F)(F)C1(C(=O)NC2CC3(C2)CC3N)CC1. The maximum absolute atomic E-state index is 13.3. The molecule has 96 valence electrons. The minimum Gasteiger partial charge on any atom is -0.353 e. The molecule has 0 aromatic rings. The molecule has 1 amide bonds. The van der Waals surface area contributed by atoms with Gasteiger partial charge in [0.1, 0.15) is 5.41 Å². The maximum Gasteiger partial charge on any atom is 0.259 e. The van der Waals surface area contributed by atoms with Crippen LogP contribution in [0.5, 0.6) is 0 Å². The van der Waals surface area contributed by atoms with Gasteiger partial charge in [-0.05, 0) is 37.5 Å². The largest absolute Gasteiger partial charge is 0.353 e. The molecule has 5 heteroatoms. The van der Waals surface area contributed by atoms with Crippen molar-refractivity contribution in [2.24, 2.45) is 16.6 Å². The first-order valence-corrected chi connectivity index (χ1v) is 6.24. The molecule has 1 atom stereocenters. The molecule has 0 aliphatic heterocycles. The first-order chi connectivity index (χ1) is 7.79. The Morgan fingerprint density at radius 3 is 2.24 bits per heavy atom. The molecule has 3 fully saturated rings. The van der Waals surface area contributed by atoms with E-state index in [1.165, 1.54) is 0 Å². The van der Waals surface area contributed by atoms with E-state index in [1.54, 1.807) is 0 Å². The molecule has 0 bridgehead atoms. The fourth-order valence-electron chi connectivity index (χ4n) is 3.19. The third-order valence-electron chi connectivity index (χ3n) is 4.92. The zero-order chi connectivity index (χ0) is 12.5. The van der Waals surface area contributed by atoms with Crippen LogP contribution in [0.1, 0.15) is 39.0 Å². The molecule has 1 unspecified atom stereocenters. The molecule has 0 aromatic carbocycles. The predicted octanol–water partition coefficient (Wildman–Crippen LogP) is 1.42. The van der Waals surface area contributed by atoms with Gasteiger partial charge in [-0.3, -0.25) is 4.79 Å². The van der Waals surface area contributed by atoms with Crippen LogP contribution in [0.3, 0.4) is 0 Å². The fourth-order valence-corrected chi connectivity index (χ4v) is 3.19. The molecule has 0 aromatic heterocycles. The minimum absolute atomic E-state index is 0.0656. The molecule has 3 rings (SSSR count). The second-order valence-electron chi connectivity index (χ2n) is 6.22. The number of alkyl halides is 2. The van der Waals surface area contributed by atoms with Gasteiger partial charge in [0.15, 0.2) is 0 Å². The molecular formula is C12H18F2N2O. The van der Waals surface area contributed by atoms with E-state index in [0.717, 1.165) is 26.2 Å². The first-order valence-electron chi connectivity index (χ1n) is 6.24. The first kappa shape index (κ1) is 11.4. The van der Waals surface area contributed by atoms with Gasteiger partial charge < -0.3 is 11.1 Å². The summed E-state index contributed by atoms with van der Waals surface area (Å²) in [5.74, 6) is -3.37. The lowest BCUT2D eigenvalue weighted by Gasteiger charge is -2.38. The second-order valence-corrected chi connectivity index (χ2v) is 6.22. The quantitative estimate of drug-likeness (QED) is 0.788. The summed E-state index contributed by atoms with van der Waals surface area (Å²) in [5.41, 5.74) is 4.61. The van der Waals surface area contributed by atoms with Crippen molar-refractivity contribution in [3.63, 3.8) is 0 Å². The maximum atomic E-state index is 13.3. The molecule has 3 aliphatic carbocycles. The lowest BCUT2D eigenvalue weighted by molar-refractivity contribution is -0.143. The Morgan fingerprint density at radius 1 is 1.35 bits per heavy atom. The molecule has 0 heterocycles. The zero-order valence-electron chi connectivity index (χ0n) is 9.93. The Labute approximate surface area is 99.1 Å². The Kier molecular flexibility index (Phi) is 2.01. The van der Waals surface area contributed by atoms with Gasteiger partial charge in [-0.1, -0.05) is 0 Å². The van der Waals surface area contributed by atoms with Gasteiger partial charge >= 0.3 is 0 Å². The van der Waals surface area contributed by atoms with Crippen LogP contribution in [0.2, 0.25) is 0 Å². The number of hydrogen-bond acceptors (Lipinski definition) is 2. The average molecular weight is 244 g/mol. The van der Waals surface area contributed by atoms with Crippen molar-refractivity contribution in [2.45, 2.75) is 57.0 Å². The topological polar surface area (TPSA) is 55.1 Å². The van der Waals surface area contributed by atoms with Crippen LogP contribution in [-0.4, -0.2) is 23.9 Å². The highest BCUT2D eigenvalue weighted by atomic mass is 19.3. The zero-order valence-corrected chi connectivity index (χ0v) is 9.93. The molecule has 3 aliphatic rings. The van der Waals surface area contributed by atoms with Crippen LogP contribution in [0, 0.1) is 10.8 Å². The van der Waals surface area contributed by atoms with Crippen LogP contribution in [0.4, 0.5) is 8.78 Å². The van der Waals surface area contributed by atoms with Gasteiger partial charge in [-0.15, -0.1) is 0 Å². The van der Waals surface area contributed by atoms with Gasteiger partial charge in [0.25, 0.3) is 5.92 Å². The average Bonchev–Trinajstić information content (AvgIpc) is 2.96. The van der Waals surface area contributed by atoms with Gasteiger partial charge in [-0.25, -0.2) is 8.78 Å². The molecule has 3 N–H and O–H groups in total. The highest BCUT2D eigenvalue weighted by Crippen LogP contribution is 2.61. The summed E-state index contributed by atoms with van der Waals surface area (Å²) < 4.78 is 26.7. The van der Waals surface area contributed by atoms with Crippen molar-refractivity contribution >= 4 is 5.91 Å². The Balaban J connectivity index is 1.55. The van der Waals surface area contributed by atoms with Crippen LogP contribution < -0.4 is 11.1 Å².